The third-order valence-corrected chi connectivity index (χ3v) is 3.89. The first-order valence-corrected chi connectivity index (χ1v) is 7.38. The molecule has 1 aromatic carbocycles. The molecule has 3 heterocycles. The molecule has 3 N–H and O–H groups in total. The van der Waals surface area contributed by atoms with Crippen molar-refractivity contribution in [3.8, 4) is 16.9 Å². The minimum absolute atomic E-state index is 0.529. The monoisotopic (exact) mass is 343 g/mol. The van der Waals surface area contributed by atoms with E-state index >= 15 is 0 Å². The van der Waals surface area contributed by atoms with Crippen LogP contribution in [-0.2, 0) is 6.18 Å². The second kappa shape index (κ2) is 5.37. The standard InChI is InChI=1S/C17H12F3N5/c18-17(19,20)11-1-3-12(4-2-11)25-9-10(7-23-25)14-5-6-15-16(24-14)13(21)8-22-15/h1-9,22H,21H2. The lowest BCUT2D eigenvalue weighted by Gasteiger charge is -2.07. The second-order valence-electron chi connectivity index (χ2n) is 5.55. The third kappa shape index (κ3) is 2.71. The summed E-state index contributed by atoms with van der Waals surface area (Å²) in [6.07, 6.45) is 0.630. The Labute approximate surface area is 139 Å². The Hall–Kier alpha value is -3.29. The lowest BCUT2D eigenvalue weighted by Crippen LogP contribution is -2.05. The Morgan fingerprint density at radius 3 is 2.52 bits per heavy atom. The highest BCUT2D eigenvalue weighted by molar-refractivity contribution is 5.89. The van der Waals surface area contributed by atoms with Crippen LogP contribution in [0, 0.1) is 0 Å². The highest BCUT2D eigenvalue weighted by atomic mass is 19.4. The number of benzene rings is 1. The summed E-state index contributed by atoms with van der Waals surface area (Å²) >= 11 is 0. The number of aromatic amines is 1. The van der Waals surface area contributed by atoms with E-state index in [0.29, 0.717) is 22.6 Å². The topological polar surface area (TPSA) is 72.5 Å². The molecule has 4 rings (SSSR count). The second-order valence-corrected chi connectivity index (χ2v) is 5.55. The number of nitrogen functional groups attached to an aromatic ring is 1. The Balaban J connectivity index is 1.68. The molecule has 8 heteroatoms. The molecule has 0 bridgehead atoms. The summed E-state index contributed by atoms with van der Waals surface area (Å²) in [4.78, 5) is 7.51. The SMILES string of the molecule is Nc1c[nH]c2ccc(-c3cnn(-c4ccc(C(F)(F)F)cc4)c3)nc12. The number of anilines is 1. The maximum atomic E-state index is 12.6. The minimum Gasteiger partial charge on any atom is -0.396 e. The summed E-state index contributed by atoms with van der Waals surface area (Å²) in [5.74, 6) is 0. The summed E-state index contributed by atoms with van der Waals surface area (Å²) in [5, 5.41) is 4.20. The zero-order valence-electron chi connectivity index (χ0n) is 12.7. The average molecular weight is 343 g/mol. The molecule has 0 aliphatic rings. The molecular weight excluding hydrogens is 331 g/mol. The van der Waals surface area contributed by atoms with Crippen LogP contribution in [0.5, 0.6) is 0 Å². The molecule has 0 aliphatic heterocycles. The van der Waals surface area contributed by atoms with Crippen molar-refractivity contribution in [2.24, 2.45) is 0 Å². The first-order chi connectivity index (χ1) is 11.9. The van der Waals surface area contributed by atoms with Crippen LogP contribution in [0.25, 0.3) is 28.0 Å². The summed E-state index contributed by atoms with van der Waals surface area (Å²) in [7, 11) is 0. The van der Waals surface area contributed by atoms with Gasteiger partial charge in [-0.2, -0.15) is 18.3 Å². The van der Waals surface area contributed by atoms with Gasteiger partial charge in [0.05, 0.1) is 34.3 Å². The van der Waals surface area contributed by atoms with Gasteiger partial charge in [-0.1, -0.05) is 0 Å². The van der Waals surface area contributed by atoms with Crippen LogP contribution in [0.3, 0.4) is 0 Å². The number of hydrogen-bond donors (Lipinski definition) is 2. The van der Waals surface area contributed by atoms with E-state index in [-0.39, 0.29) is 0 Å². The van der Waals surface area contributed by atoms with Gasteiger partial charge in [-0.25, -0.2) is 9.67 Å². The van der Waals surface area contributed by atoms with Gasteiger partial charge in [-0.05, 0) is 36.4 Å². The van der Waals surface area contributed by atoms with Gasteiger partial charge in [0, 0.05) is 18.0 Å². The number of nitrogens with one attached hydrogen (secondary N) is 1. The molecule has 0 aliphatic carbocycles. The van der Waals surface area contributed by atoms with Gasteiger partial charge in [0.2, 0.25) is 0 Å². The largest absolute Gasteiger partial charge is 0.416 e. The average Bonchev–Trinajstić information content (AvgIpc) is 3.22. The quantitative estimate of drug-likeness (QED) is 0.577. The molecule has 0 amide bonds. The Kier molecular flexibility index (Phi) is 3.28. The first-order valence-electron chi connectivity index (χ1n) is 7.38. The van der Waals surface area contributed by atoms with E-state index in [1.807, 2.05) is 12.1 Å². The van der Waals surface area contributed by atoms with Crippen LogP contribution in [0.1, 0.15) is 5.56 Å². The molecule has 0 atom stereocenters. The van der Waals surface area contributed by atoms with Crippen LogP contribution in [0.2, 0.25) is 0 Å². The molecule has 4 aromatic rings. The number of H-pyrrole nitrogens is 1. The van der Waals surface area contributed by atoms with Crippen LogP contribution in [-0.4, -0.2) is 19.7 Å². The number of nitrogens with two attached hydrogens (primary N) is 1. The van der Waals surface area contributed by atoms with E-state index in [2.05, 4.69) is 15.1 Å². The van der Waals surface area contributed by atoms with Crippen molar-refractivity contribution in [1.82, 2.24) is 19.7 Å². The van der Waals surface area contributed by atoms with E-state index in [9.17, 15) is 13.2 Å². The van der Waals surface area contributed by atoms with E-state index < -0.39 is 11.7 Å². The summed E-state index contributed by atoms with van der Waals surface area (Å²) in [6.45, 7) is 0. The molecule has 0 spiro atoms. The van der Waals surface area contributed by atoms with Crippen molar-refractivity contribution in [3.63, 3.8) is 0 Å². The van der Waals surface area contributed by atoms with Gasteiger partial charge >= 0.3 is 6.18 Å². The molecule has 5 nitrogen and oxygen atoms in total. The zero-order valence-corrected chi connectivity index (χ0v) is 12.7. The van der Waals surface area contributed by atoms with E-state index in [0.717, 1.165) is 23.2 Å². The number of fused-ring (bicyclic) bond motifs is 1. The lowest BCUT2D eigenvalue weighted by molar-refractivity contribution is -0.137. The molecular formula is C17H12F3N5. The molecule has 3 aromatic heterocycles. The van der Waals surface area contributed by atoms with Gasteiger partial charge < -0.3 is 10.7 Å². The fraction of sp³-hybridized carbons (Fsp3) is 0.0588. The number of aromatic nitrogens is 4. The van der Waals surface area contributed by atoms with Crippen LogP contribution < -0.4 is 5.73 Å². The van der Waals surface area contributed by atoms with Gasteiger partial charge in [0.15, 0.2) is 0 Å². The Morgan fingerprint density at radius 2 is 1.80 bits per heavy atom. The maximum absolute atomic E-state index is 12.6. The van der Waals surface area contributed by atoms with Crippen molar-refractivity contribution in [3.05, 3.63) is 60.6 Å². The van der Waals surface area contributed by atoms with Crippen LogP contribution in [0.4, 0.5) is 18.9 Å². The Bertz CT molecular complexity index is 1040. The van der Waals surface area contributed by atoms with E-state index in [1.165, 1.54) is 16.8 Å². The zero-order chi connectivity index (χ0) is 17.6. The number of alkyl halides is 3. The minimum atomic E-state index is -4.36. The smallest absolute Gasteiger partial charge is 0.396 e. The lowest BCUT2D eigenvalue weighted by atomic mass is 10.2. The van der Waals surface area contributed by atoms with Crippen molar-refractivity contribution in [2.75, 3.05) is 5.73 Å². The highest BCUT2D eigenvalue weighted by Gasteiger charge is 2.30. The number of hydrogen-bond acceptors (Lipinski definition) is 3. The predicted octanol–water partition coefficient (Wildman–Crippen LogP) is 4.02. The van der Waals surface area contributed by atoms with Gasteiger partial charge in [0.1, 0.15) is 5.52 Å². The molecule has 0 radical (unpaired) electrons. The molecule has 0 unspecified atom stereocenters. The third-order valence-electron chi connectivity index (χ3n) is 3.89. The van der Waals surface area contributed by atoms with Crippen molar-refractivity contribution in [2.45, 2.75) is 6.18 Å². The number of halogens is 3. The molecule has 25 heavy (non-hydrogen) atoms. The predicted molar refractivity (Wildman–Crippen MR) is 88.1 cm³/mol. The molecule has 0 saturated carbocycles. The van der Waals surface area contributed by atoms with Crippen molar-refractivity contribution >= 4 is 16.7 Å². The molecule has 0 fully saturated rings. The number of pyridine rings is 1. The molecule has 126 valence electrons. The fourth-order valence-corrected chi connectivity index (χ4v) is 2.58. The Morgan fingerprint density at radius 1 is 1.04 bits per heavy atom. The highest BCUT2D eigenvalue weighted by Crippen LogP contribution is 2.30. The summed E-state index contributed by atoms with van der Waals surface area (Å²) < 4.78 is 39.4. The van der Waals surface area contributed by atoms with E-state index in [4.69, 9.17) is 5.73 Å². The first kappa shape index (κ1) is 15.3. The van der Waals surface area contributed by atoms with Gasteiger partial charge in [-0.15, -0.1) is 0 Å². The summed E-state index contributed by atoms with van der Waals surface area (Å²) in [6, 6.07) is 8.50. The van der Waals surface area contributed by atoms with E-state index in [1.54, 1.807) is 18.6 Å². The van der Waals surface area contributed by atoms with Gasteiger partial charge in [0.25, 0.3) is 0 Å². The van der Waals surface area contributed by atoms with Crippen LogP contribution in [0.15, 0.2) is 55.0 Å². The number of rotatable bonds is 2. The van der Waals surface area contributed by atoms with Crippen molar-refractivity contribution in [1.29, 1.82) is 0 Å². The fourth-order valence-electron chi connectivity index (χ4n) is 2.58. The van der Waals surface area contributed by atoms with Gasteiger partial charge in [-0.3, -0.25) is 0 Å². The normalized spacial score (nSPS) is 12.0. The molecule has 0 saturated heterocycles. The van der Waals surface area contributed by atoms with Crippen molar-refractivity contribution < 1.29 is 13.2 Å². The summed E-state index contributed by atoms with van der Waals surface area (Å²) in [5.41, 5.74) is 9.16. The van der Waals surface area contributed by atoms with Crippen LogP contribution >= 0.6 is 0 Å². The number of nitrogens with zero attached hydrogens (tertiary/aromatic N) is 3. The maximum Gasteiger partial charge on any atom is 0.416 e.